The predicted octanol–water partition coefficient (Wildman–Crippen LogP) is 4.13. The van der Waals surface area contributed by atoms with E-state index in [1.807, 2.05) is 68.5 Å². The highest BCUT2D eigenvalue weighted by molar-refractivity contribution is 5.92. The molecule has 2 aromatic carbocycles. The summed E-state index contributed by atoms with van der Waals surface area (Å²) in [5, 5.41) is 3.09. The Morgan fingerprint density at radius 3 is 2.72 bits per heavy atom. The molecule has 1 N–H and O–H groups in total. The Kier molecular flexibility index (Phi) is 4.79. The summed E-state index contributed by atoms with van der Waals surface area (Å²) in [6.07, 6.45) is 4.07. The van der Waals surface area contributed by atoms with Crippen molar-refractivity contribution in [3.05, 3.63) is 65.7 Å². The quantitative estimate of drug-likeness (QED) is 0.854. The number of ether oxygens (including phenoxy) is 2. The van der Waals surface area contributed by atoms with Gasteiger partial charge in [0.2, 0.25) is 5.91 Å². The Hall–Kier alpha value is -2.75. The number of carbonyl (C=O) groups is 1. The maximum absolute atomic E-state index is 12.4. The van der Waals surface area contributed by atoms with Crippen LogP contribution >= 0.6 is 0 Å². The largest absolute Gasteiger partial charge is 0.497 e. The van der Waals surface area contributed by atoms with Gasteiger partial charge in [-0.1, -0.05) is 30.3 Å². The van der Waals surface area contributed by atoms with Gasteiger partial charge in [-0.25, -0.2) is 0 Å². The lowest BCUT2D eigenvalue weighted by Crippen LogP contribution is -2.40. The fraction of sp³-hybridized carbons (Fsp3) is 0.286. The summed E-state index contributed by atoms with van der Waals surface area (Å²) in [4.78, 5) is 12.4. The van der Waals surface area contributed by atoms with Gasteiger partial charge in [0.1, 0.15) is 17.1 Å². The topological polar surface area (TPSA) is 47.6 Å². The number of hydrogen-bond acceptors (Lipinski definition) is 3. The van der Waals surface area contributed by atoms with Crippen LogP contribution in [-0.2, 0) is 4.79 Å². The van der Waals surface area contributed by atoms with E-state index in [1.54, 1.807) is 13.2 Å². The van der Waals surface area contributed by atoms with E-state index in [9.17, 15) is 4.79 Å². The number of fused-ring (bicyclic) bond motifs is 1. The van der Waals surface area contributed by atoms with Crippen LogP contribution in [0.25, 0.3) is 6.08 Å². The summed E-state index contributed by atoms with van der Waals surface area (Å²) in [5.41, 5.74) is 1.59. The van der Waals surface area contributed by atoms with E-state index in [2.05, 4.69) is 5.32 Å². The van der Waals surface area contributed by atoms with E-state index in [1.165, 1.54) is 0 Å². The van der Waals surface area contributed by atoms with Crippen LogP contribution in [0.3, 0.4) is 0 Å². The van der Waals surface area contributed by atoms with Crippen molar-refractivity contribution >= 4 is 12.0 Å². The number of hydrogen-bond donors (Lipinski definition) is 1. The molecule has 0 aromatic heterocycles. The zero-order chi connectivity index (χ0) is 17.9. The van der Waals surface area contributed by atoms with Gasteiger partial charge in [0.05, 0.1) is 13.2 Å². The first-order valence-corrected chi connectivity index (χ1v) is 8.37. The van der Waals surface area contributed by atoms with Crippen molar-refractivity contribution in [2.24, 2.45) is 0 Å². The minimum atomic E-state index is -0.345. The molecule has 130 valence electrons. The predicted molar refractivity (Wildman–Crippen MR) is 98.7 cm³/mol. The molecule has 0 saturated heterocycles. The van der Waals surface area contributed by atoms with Crippen molar-refractivity contribution in [1.29, 1.82) is 0 Å². The SMILES string of the molecule is COc1ccc2c(c1)[C@H](NC(=O)/C=C/c1ccccc1)CC(C)(C)O2. The van der Waals surface area contributed by atoms with Crippen LogP contribution in [0.5, 0.6) is 11.5 Å². The summed E-state index contributed by atoms with van der Waals surface area (Å²) in [6.45, 7) is 4.05. The van der Waals surface area contributed by atoms with Crippen LogP contribution in [0.2, 0.25) is 0 Å². The fourth-order valence-corrected chi connectivity index (χ4v) is 3.04. The molecule has 0 fully saturated rings. The molecule has 25 heavy (non-hydrogen) atoms. The molecule has 1 atom stereocenters. The monoisotopic (exact) mass is 337 g/mol. The minimum Gasteiger partial charge on any atom is -0.497 e. The second-order valence-corrected chi connectivity index (χ2v) is 6.77. The second kappa shape index (κ2) is 7.01. The lowest BCUT2D eigenvalue weighted by molar-refractivity contribution is -0.117. The molecule has 0 bridgehead atoms. The molecule has 0 spiro atoms. The average molecular weight is 337 g/mol. The molecule has 1 amide bonds. The smallest absolute Gasteiger partial charge is 0.244 e. The summed E-state index contributed by atoms with van der Waals surface area (Å²) in [7, 11) is 1.63. The molecule has 0 radical (unpaired) electrons. The Morgan fingerprint density at radius 1 is 1.24 bits per heavy atom. The Morgan fingerprint density at radius 2 is 2.00 bits per heavy atom. The molecule has 0 unspecified atom stereocenters. The molecule has 4 heteroatoms. The lowest BCUT2D eigenvalue weighted by Gasteiger charge is -2.37. The van der Waals surface area contributed by atoms with Crippen molar-refractivity contribution in [1.82, 2.24) is 5.32 Å². The first-order chi connectivity index (χ1) is 12.0. The van der Waals surface area contributed by atoms with Crippen LogP contribution in [0.15, 0.2) is 54.6 Å². The molecule has 2 aromatic rings. The first-order valence-electron chi connectivity index (χ1n) is 8.37. The fourth-order valence-electron chi connectivity index (χ4n) is 3.04. The van der Waals surface area contributed by atoms with Gasteiger partial charge in [0.25, 0.3) is 0 Å². The summed E-state index contributed by atoms with van der Waals surface area (Å²) >= 11 is 0. The molecule has 3 rings (SSSR count). The van der Waals surface area contributed by atoms with Gasteiger partial charge in [-0.2, -0.15) is 0 Å². The van der Waals surface area contributed by atoms with Crippen molar-refractivity contribution in [2.45, 2.75) is 31.9 Å². The number of amides is 1. The molecule has 1 heterocycles. The molecular formula is C21H23NO3. The highest BCUT2D eigenvalue weighted by Gasteiger charge is 2.34. The van der Waals surface area contributed by atoms with Crippen LogP contribution in [-0.4, -0.2) is 18.6 Å². The summed E-state index contributed by atoms with van der Waals surface area (Å²) in [6, 6.07) is 15.3. The van der Waals surface area contributed by atoms with Crippen molar-refractivity contribution in [2.75, 3.05) is 7.11 Å². The van der Waals surface area contributed by atoms with Crippen LogP contribution in [0, 0.1) is 0 Å². The Bertz CT molecular complexity index is 781. The first kappa shape index (κ1) is 17.1. The van der Waals surface area contributed by atoms with Crippen molar-refractivity contribution in [3.63, 3.8) is 0 Å². The van der Waals surface area contributed by atoms with Gasteiger partial charge >= 0.3 is 0 Å². The van der Waals surface area contributed by atoms with Gasteiger partial charge in [-0.05, 0) is 43.7 Å². The second-order valence-electron chi connectivity index (χ2n) is 6.77. The van der Waals surface area contributed by atoms with E-state index < -0.39 is 0 Å². The van der Waals surface area contributed by atoms with E-state index in [0.29, 0.717) is 6.42 Å². The normalized spacial score (nSPS) is 18.3. The molecule has 0 aliphatic carbocycles. The number of carbonyl (C=O) groups excluding carboxylic acids is 1. The number of benzene rings is 2. The van der Waals surface area contributed by atoms with Crippen molar-refractivity contribution < 1.29 is 14.3 Å². The Balaban J connectivity index is 1.79. The maximum Gasteiger partial charge on any atom is 0.244 e. The third-order valence-electron chi connectivity index (χ3n) is 4.22. The van der Waals surface area contributed by atoms with Crippen LogP contribution < -0.4 is 14.8 Å². The molecular weight excluding hydrogens is 314 g/mol. The van der Waals surface area contributed by atoms with Gasteiger partial charge in [0, 0.05) is 18.1 Å². The standard InChI is InChI=1S/C21H23NO3/c1-21(2)14-18(17-13-16(24-3)10-11-19(17)25-21)22-20(23)12-9-15-7-5-4-6-8-15/h4-13,18H,14H2,1-3H3,(H,22,23)/b12-9+/t18-/m1/s1. The number of methoxy groups -OCH3 is 1. The highest BCUT2D eigenvalue weighted by Crippen LogP contribution is 2.41. The number of nitrogens with one attached hydrogen (secondary N) is 1. The maximum atomic E-state index is 12.4. The average Bonchev–Trinajstić information content (AvgIpc) is 2.60. The third kappa shape index (κ3) is 4.21. The van der Waals surface area contributed by atoms with Gasteiger partial charge in [-0.3, -0.25) is 4.79 Å². The lowest BCUT2D eigenvalue weighted by atomic mass is 9.89. The molecule has 1 aliphatic rings. The van der Waals surface area contributed by atoms with Crippen LogP contribution in [0.1, 0.15) is 37.4 Å². The van der Waals surface area contributed by atoms with Crippen molar-refractivity contribution in [3.8, 4) is 11.5 Å². The zero-order valence-corrected chi connectivity index (χ0v) is 14.8. The van der Waals surface area contributed by atoms with Gasteiger partial charge in [0.15, 0.2) is 0 Å². The highest BCUT2D eigenvalue weighted by atomic mass is 16.5. The van der Waals surface area contributed by atoms with Gasteiger partial charge in [-0.15, -0.1) is 0 Å². The summed E-state index contributed by atoms with van der Waals surface area (Å²) < 4.78 is 11.3. The molecule has 1 aliphatic heterocycles. The Labute approximate surface area is 148 Å². The molecule has 0 saturated carbocycles. The minimum absolute atomic E-state index is 0.123. The third-order valence-corrected chi connectivity index (χ3v) is 4.22. The van der Waals surface area contributed by atoms with E-state index >= 15 is 0 Å². The number of rotatable bonds is 4. The zero-order valence-electron chi connectivity index (χ0n) is 14.8. The van der Waals surface area contributed by atoms with E-state index in [0.717, 1.165) is 22.6 Å². The molecule has 4 nitrogen and oxygen atoms in total. The van der Waals surface area contributed by atoms with Crippen LogP contribution in [0.4, 0.5) is 0 Å². The van der Waals surface area contributed by atoms with E-state index in [-0.39, 0.29) is 17.6 Å². The summed E-state index contributed by atoms with van der Waals surface area (Å²) in [5.74, 6) is 1.41. The van der Waals surface area contributed by atoms with E-state index in [4.69, 9.17) is 9.47 Å². The van der Waals surface area contributed by atoms with Gasteiger partial charge < -0.3 is 14.8 Å².